The van der Waals surface area contributed by atoms with Crippen LogP contribution >= 0.6 is 11.8 Å². The van der Waals surface area contributed by atoms with Crippen LogP contribution in [0.3, 0.4) is 0 Å². The molecule has 0 bridgehead atoms. The summed E-state index contributed by atoms with van der Waals surface area (Å²) in [5, 5.41) is 3.28. The lowest BCUT2D eigenvalue weighted by molar-refractivity contribution is -0.132. The Labute approximate surface area is 94.7 Å². The number of nitrogens with zero attached hydrogens (tertiary/aromatic N) is 1. The molecule has 15 heavy (non-hydrogen) atoms. The van der Waals surface area contributed by atoms with Crippen LogP contribution in [0.4, 0.5) is 0 Å². The fourth-order valence-electron chi connectivity index (χ4n) is 1.91. The summed E-state index contributed by atoms with van der Waals surface area (Å²) in [7, 11) is 0. The fourth-order valence-corrected chi connectivity index (χ4v) is 2.84. The average molecular weight is 230 g/mol. The molecule has 2 saturated heterocycles. The van der Waals surface area contributed by atoms with Crippen LogP contribution < -0.4 is 5.32 Å². The van der Waals surface area contributed by atoms with E-state index in [4.69, 9.17) is 4.74 Å². The van der Waals surface area contributed by atoms with E-state index in [1.807, 2.05) is 16.7 Å². The van der Waals surface area contributed by atoms with Crippen molar-refractivity contribution in [2.24, 2.45) is 0 Å². The van der Waals surface area contributed by atoms with Crippen molar-refractivity contribution in [1.29, 1.82) is 0 Å². The molecule has 0 aromatic rings. The smallest absolute Gasteiger partial charge is 0.240 e. The summed E-state index contributed by atoms with van der Waals surface area (Å²) in [5.74, 6) is 2.29. The number of thioether (sulfide) groups is 1. The number of amides is 1. The van der Waals surface area contributed by atoms with Crippen molar-refractivity contribution < 1.29 is 9.53 Å². The number of hydrogen-bond donors (Lipinski definition) is 1. The van der Waals surface area contributed by atoms with E-state index in [-0.39, 0.29) is 11.9 Å². The molecule has 1 N–H and O–H groups in total. The molecule has 0 spiro atoms. The zero-order valence-electron chi connectivity index (χ0n) is 8.91. The number of nitrogens with one attached hydrogen (secondary N) is 1. The topological polar surface area (TPSA) is 41.6 Å². The Morgan fingerprint density at radius 3 is 3.13 bits per heavy atom. The zero-order valence-corrected chi connectivity index (χ0v) is 9.72. The summed E-state index contributed by atoms with van der Waals surface area (Å²) < 4.78 is 5.34. The molecular formula is C10H18N2O2S. The molecule has 0 saturated carbocycles. The SMILES string of the molecule is O=C(C1CSCCN1)N1CCCOCC1. The number of carbonyl (C=O) groups is 1. The maximum Gasteiger partial charge on any atom is 0.240 e. The minimum Gasteiger partial charge on any atom is -0.380 e. The van der Waals surface area contributed by atoms with Crippen LogP contribution in [-0.2, 0) is 9.53 Å². The van der Waals surface area contributed by atoms with Gasteiger partial charge in [0.05, 0.1) is 12.6 Å². The van der Waals surface area contributed by atoms with Crippen molar-refractivity contribution in [3.63, 3.8) is 0 Å². The third-order valence-electron chi connectivity index (χ3n) is 2.75. The predicted octanol–water partition coefficient (Wildman–Crippen LogP) is -0.0597. The Kier molecular flexibility index (Phi) is 4.29. The van der Waals surface area contributed by atoms with E-state index in [0.29, 0.717) is 6.61 Å². The van der Waals surface area contributed by atoms with Gasteiger partial charge in [-0.3, -0.25) is 4.79 Å². The molecule has 4 nitrogen and oxygen atoms in total. The lowest BCUT2D eigenvalue weighted by Gasteiger charge is -2.28. The second kappa shape index (κ2) is 5.72. The number of ether oxygens (including phenoxy) is 1. The van der Waals surface area contributed by atoms with Gasteiger partial charge in [0, 0.05) is 37.7 Å². The van der Waals surface area contributed by atoms with Gasteiger partial charge in [-0.2, -0.15) is 11.8 Å². The van der Waals surface area contributed by atoms with E-state index in [0.717, 1.165) is 44.2 Å². The first-order valence-corrected chi connectivity index (χ1v) is 6.71. The average Bonchev–Trinajstić information content (AvgIpc) is 2.58. The first-order chi connectivity index (χ1) is 7.38. The normalized spacial score (nSPS) is 28.5. The summed E-state index contributed by atoms with van der Waals surface area (Å²) in [6.45, 7) is 4.02. The highest BCUT2D eigenvalue weighted by Gasteiger charge is 2.26. The van der Waals surface area contributed by atoms with Crippen molar-refractivity contribution in [1.82, 2.24) is 10.2 Å². The van der Waals surface area contributed by atoms with Gasteiger partial charge in [0.1, 0.15) is 0 Å². The van der Waals surface area contributed by atoms with Gasteiger partial charge in [0.15, 0.2) is 0 Å². The van der Waals surface area contributed by atoms with E-state index in [2.05, 4.69) is 5.32 Å². The van der Waals surface area contributed by atoms with Crippen LogP contribution in [-0.4, -0.2) is 61.2 Å². The zero-order chi connectivity index (χ0) is 10.5. The molecule has 2 aliphatic heterocycles. The number of rotatable bonds is 1. The first-order valence-electron chi connectivity index (χ1n) is 5.55. The van der Waals surface area contributed by atoms with E-state index in [9.17, 15) is 4.79 Å². The van der Waals surface area contributed by atoms with Gasteiger partial charge in [-0.05, 0) is 6.42 Å². The second-order valence-electron chi connectivity index (χ2n) is 3.87. The maximum absolute atomic E-state index is 12.1. The Morgan fingerprint density at radius 2 is 2.33 bits per heavy atom. The minimum atomic E-state index is 0.0295. The highest BCUT2D eigenvalue weighted by atomic mass is 32.2. The molecule has 0 aromatic carbocycles. The summed E-state index contributed by atoms with van der Waals surface area (Å²) in [6.07, 6.45) is 0.964. The van der Waals surface area contributed by atoms with E-state index in [1.165, 1.54) is 0 Å². The Balaban J connectivity index is 1.87. The van der Waals surface area contributed by atoms with Crippen LogP contribution in [0.2, 0.25) is 0 Å². The van der Waals surface area contributed by atoms with Crippen LogP contribution in [0.15, 0.2) is 0 Å². The predicted molar refractivity (Wildman–Crippen MR) is 61.1 cm³/mol. The van der Waals surface area contributed by atoms with Crippen LogP contribution in [0.25, 0.3) is 0 Å². The minimum absolute atomic E-state index is 0.0295. The van der Waals surface area contributed by atoms with Crippen molar-refractivity contribution in [2.75, 3.05) is 44.4 Å². The highest BCUT2D eigenvalue weighted by molar-refractivity contribution is 7.99. The van der Waals surface area contributed by atoms with Gasteiger partial charge in [-0.15, -0.1) is 0 Å². The molecule has 0 radical (unpaired) electrons. The lowest BCUT2D eigenvalue weighted by Crippen LogP contribution is -2.51. The third-order valence-corrected chi connectivity index (χ3v) is 3.82. The molecule has 2 aliphatic rings. The van der Waals surface area contributed by atoms with E-state index < -0.39 is 0 Å². The molecule has 1 amide bonds. The van der Waals surface area contributed by atoms with Gasteiger partial charge in [-0.25, -0.2) is 0 Å². The van der Waals surface area contributed by atoms with Crippen LogP contribution in [0.5, 0.6) is 0 Å². The van der Waals surface area contributed by atoms with Gasteiger partial charge in [0.2, 0.25) is 5.91 Å². The van der Waals surface area contributed by atoms with E-state index >= 15 is 0 Å². The molecule has 5 heteroatoms. The quantitative estimate of drug-likeness (QED) is 0.685. The maximum atomic E-state index is 12.1. The van der Waals surface area contributed by atoms with Crippen LogP contribution in [0.1, 0.15) is 6.42 Å². The molecule has 86 valence electrons. The Bertz CT molecular complexity index is 211. The van der Waals surface area contributed by atoms with Crippen molar-refractivity contribution in [2.45, 2.75) is 12.5 Å². The molecule has 0 aromatic heterocycles. The summed E-state index contributed by atoms with van der Waals surface area (Å²) in [5.41, 5.74) is 0. The summed E-state index contributed by atoms with van der Waals surface area (Å²) in [4.78, 5) is 14.0. The standard InChI is InChI=1S/C10H18N2O2S/c13-10(9-8-15-7-2-11-9)12-3-1-5-14-6-4-12/h9,11H,1-8H2. The molecular weight excluding hydrogens is 212 g/mol. The van der Waals surface area contributed by atoms with Crippen molar-refractivity contribution in [3.05, 3.63) is 0 Å². The molecule has 1 atom stereocenters. The summed E-state index contributed by atoms with van der Waals surface area (Å²) >= 11 is 1.86. The van der Waals surface area contributed by atoms with Crippen molar-refractivity contribution >= 4 is 17.7 Å². The molecule has 2 fully saturated rings. The van der Waals surface area contributed by atoms with Gasteiger partial charge < -0.3 is 15.0 Å². The van der Waals surface area contributed by atoms with Gasteiger partial charge >= 0.3 is 0 Å². The third kappa shape index (κ3) is 3.09. The van der Waals surface area contributed by atoms with Crippen LogP contribution in [0, 0.1) is 0 Å². The molecule has 0 aliphatic carbocycles. The second-order valence-corrected chi connectivity index (χ2v) is 5.02. The largest absolute Gasteiger partial charge is 0.380 e. The number of carbonyl (C=O) groups excluding carboxylic acids is 1. The number of hydrogen-bond acceptors (Lipinski definition) is 4. The highest BCUT2D eigenvalue weighted by Crippen LogP contribution is 2.11. The van der Waals surface area contributed by atoms with Crippen molar-refractivity contribution in [3.8, 4) is 0 Å². The Hall–Kier alpha value is -0.260. The summed E-state index contributed by atoms with van der Waals surface area (Å²) in [6, 6.07) is 0.0295. The fraction of sp³-hybridized carbons (Fsp3) is 0.900. The Morgan fingerprint density at radius 1 is 1.40 bits per heavy atom. The van der Waals surface area contributed by atoms with E-state index in [1.54, 1.807) is 0 Å². The molecule has 1 unspecified atom stereocenters. The monoisotopic (exact) mass is 230 g/mol. The lowest BCUT2D eigenvalue weighted by atomic mass is 10.2. The van der Waals surface area contributed by atoms with Gasteiger partial charge in [-0.1, -0.05) is 0 Å². The van der Waals surface area contributed by atoms with Gasteiger partial charge in [0.25, 0.3) is 0 Å². The molecule has 2 rings (SSSR count). The first kappa shape index (κ1) is 11.2. The molecule has 2 heterocycles.